The number of hydrogen-bond acceptors (Lipinski definition) is 2. The molecule has 0 spiro atoms. The van der Waals surface area contributed by atoms with Crippen molar-refractivity contribution in [2.75, 3.05) is 16.8 Å². The number of benzene rings is 2. The van der Waals surface area contributed by atoms with E-state index in [0.29, 0.717) is 11.3 Å². The van der Waals surface area contributed by atoms with Gasteiger partial charge in [0.25, 0.3) is 0 Å². The number of carbonyl (C=O) groups excluding carboxylic acids is 2. The SMILES string of the molecule is O=C1CCN(C(=O)Nc2ccccc2F)c2ccccc21. The lowest BCUT2D eigenvalue weighted by molar-refractivity contribution is 0.0981. The molecule has 1 aliphatic heterocycles. The lowest BCUT2D eigenvalue weighted by atomic mass is 10.0. The summed E-state index contributed by atoms with van der Waals surface area (Å²) in [6, 6.07) is 12.5. The second kappa shape index (κ2) is 5.36. The zero-order valence-corrected chi connectivity index (χ0v) is 11.2. The summed E-state index contributed by atoms with van der Waals surface area (Å²) >= 11 is 0. The van der Waals surface area contributed by atoms with Crippen molar-refractivity contribution in [3.05, 3.63) is 59.9 Å². The first-order valence-corrected chi connectivity index (χ1v) is 6.62. The fourth-order valence-corrected chi connectivity index (χ4v) is 2.37. The summed E-state index contributed by atoms with van der Waals surface area (Å²) < 4.78 is 13.6. The fraction of sp³-hybridized carbons (Fsp3) is 0.125. The van der Waals surface area contributed by atoms with E-state index in [0.717, 1.165) is 0 Å². The molecule has 1 heterocycles. The smallest absolute Gasteiger partial charge is 0.305 e. The van der Waals surface area contributed by atoms with Crippen LogP contribution < -0.4 is 10.2 Å². The molecule has 2 amide bonds. The third-order valence-corrected chi connectivity index (χ3v) is 3.42. The van der Waals surface area contributed by atoms with Crippen molar-refractivity contribution in [3.63, 3.8) is 0 Å². The zero-order chi connectivity index (χ0) is 14.8. The first-order valence-electron chi connectivity index (χ1n) is 6.62. The van der Waals surface area contributed by atoms with E-state index in [1.165, 1.54) is 17.0 Å². The molecule has 1 N–H and O–H groups in total. The molecular formula is C16H13FN2O2. The molecule has 1 aliphatic rings. The van der Waals surface area contributed by atoms with E-state index >= 15 is 0 Å². The number of nitrogens with one attached hydrogen (secondary N) is 1. The highest BCUT2D eigenvalue weighted by molar-refractivity contribution is 6.11. The number of carbonyl (C=O) groups is 2. The van der Waals surface area contributed by atoms with Crippen LogP contribution in [0, 0.1) is 5.82 Å². The van der Waals surface area contributed by atoms with Crippen molar-refractivity contribution in [1.82, 2.24) is 0 Å². The van der Waals surface area contributed by atoms with Crippen molar-refractivity contribution < 1.29 is 14.0 Å². The van der Waals surface area contributed by atoms with Gasteiger partial charge in [-0.05, 0) is 24.3 Å². The number of ketones is 1. The summed E-state index contributed by atoms with van der Waals surface area (Å²) in [7, 11) is 0. The Bertz CT molecular complexity index is 715. The molecule has 0 unspecified atom stereocenters. The van der Waals surface area contributed by atoms with Crippen LogP contribution >= 0.6 is 0 Å². The van der Waals surface area contributed by atoms with Gasteiger partial charge in [0.15, 0.2) is 5.78 Å². The number of para-hydroxylation sites is 2. The molecule has 0 saturated heterocycles. The Labute approximate surface area is 121 Å². The Balaban J connectivity index is 1.88. The highest BCUT2D eigenvalue weighted by Gasteiger charge is 2.27. The van der Waals surface area contributed by atoms with Crippen LogP contribution in [0.3, 0.4) is 0 Å². The highest BCUT2D eigenvalue weighted by atomic mass is 19.1. The number of nitrogens with zero attached hydrogens (tertiary/aromatic N) is 1. The van der Waals surface area contributed by atoms with Crippen LogP contribution in [-0.2, 0) is 0 Å². The van der Waals surface area contributed by atoms with Crippen LogP contribution in [0.1, 0.15) is 16.8 Å². The first-order chi connectivity index (χ1) is 10.2. The molecule has 0 radical (unpaired) electrons. The average Bonchev–Trinajstić information content (AvgIpc) is 2.50. The molecule has 0 bridgehead atoms. The van der Waals surface area contributed by atoms with Crippen LogP contribution in [0.2, 0.25) is 0 Å². The van der Waals surface area contributed by atoms with E-state index in [9.17, 15) is 14.0 Å². The molecule has 21 heavy (non-hydrogen) atoms. The first kappa shape index (κ1) is 13.3. The minimum Gasteiger partial charge on any atom is -0.305 e. The lowest BCUT2D eigenvalue weighted by Gasteiger charge is -2.28. The molecule has 4 nitrogen and oxygen atoms in total. The van der Waals surface area contributed by atoms with Gasteiger partial charge in [-0.25, -0.2) is 9.18 Å². The monoisotopic (exact) mass is 284 g/mol. The van der Waals surface area contributed by atoms with Gasteiger partial charge in [-0.2, -0.15) is 0 Å². The van der Waals surface area contributed by atoms with Gasteiger partial charge in [0.05, 0.1) is 11.4 Å². The number of rotatable bonds is 1. The van der Waals surface area contributed by atoms with E-state index in [-0.39, 0.29) is 24.4 Å². The summed E-state index contributed by atoms with van der Waals surface area (Å²) in [6.07, 6.45) is 0.266. The average molecular weight is 284 g/mol. The maximum absolute atomic E-state index is 13.6. The van der Waals surface area contributed by atoms with Gasteiger partial charge in [-0.15, -0.1) is 0 Å². The molecule has 2 aromatic carbocycles. The van der Waals surface area contributed by atoms with Crippen molar-refractivity contribution >= 4 is 23.2 Å². The van der Waals surface area contributed by atoms with Crippen LogP contribution in [0.25, 0.3) is 0 Å². The third-order valence-electron chi connectivity index (χ3n) is 3.42. The van der Waals surface area contributed by atoms with E-state index in [2.05, 4.69) is 5.32 Å². The molecule has 106 valence electrons. The normalized spacial score (nSPS) is 13.8. The molecule has 0 saturated carbocycles. The Morgan fingerprint density at radius 1 is 1.10 bits per heavy atom. The quantitative estimate of drug-likeness (QED) is 0.872. The Morgan fingerprint density at radius 2 is 1.81 bits per heavy atom. The number of urea groups is 1. The number of fused-ring (bicyclic) bond motifs is 1. The maximum atomic E-state index is 13.6. The molecule has 0 fully saturated rings. The predicted octanol–water partition coefficient (Wildman–Crippen LogP) is 3.45. The zero-order valence-electron chi connectivity index (χ0n) is 11.2. The van der Waals surface area contributed by atoms with Gasteiger partial charge >= 0.3 is 6.03 Å². The molecular weight excluding hydrogens is 271 g/mol. The Hall–Kier alpha value is -2.69. The topological polar surface area (TPSA) is 49.4 Å². The third kappa shape index (κ3) is 2.50. The summed E-state index contributed by atoms with van der Waals surface area (Å²) in [5.74, 6) is -0.479. The Kier molecular flexibility index (Phi) is 3.39. The van der Waals surface area contributed by atoms with E-state index in [1.807, 2.05) is 0 Å². The van der Waals surface area contributed by atoms with E-state index in [1.54, 1.807) is 36.4 Å². The summed E-state index contributed by atoms with van der Waals surface area (Å²) in [5, 5.41) is 2.54. The number of anilines is 2. The van der Waals surface area contributed by atoms with Gasteiger partial charge in [-0.1, -0.05) is 24.3 Å². The Morgan fingerprint density at radius 3 is 2.62 bits per heavy atom. The summed E-state index contributed by atoms with van der Waals surface area (Å²) in [6.45, 7) is 0.288. The number of hydrogen-bond donors (Lipinski definition) is 1. The predicted molar refractivity (Wildman–Crippen MR) is 78.2 cm³/mol. The van der Waals surface area contributed by atoms with Crippen LogP contribution in [0.15, 0.2) is 48.5 Å². The number of halogens is 1. The molecule has 0 aliphatic carbocycles. The summed E-state index contributed by atoms with van der Waals surface area (Å²) in [4.78, 5) is 25.6. The number of amides is 2. The molecule has 0 atom stereocenters. The van der Waals surface area contributed by atoms with E-state index < -0.39 is 11.8 Å². The molecule has 3 rings (SSSR count). The van der Waals surface area contributed by atoms with Crippen molar-refractivity contribution in [1.29, 1.82) is 0 Å². The highest BCUT2D eigenvalue weighted by Crippen LogP contribution is 2.27. The summed E-state index contributed by atoms with van der Waals surface area (Å²) in [5.41, 5.74) is 1.20. The minimum absolute atomic E-state index is 0.0144. The minimum atomic E-state index is -0.493. The lowest BCUT2D eigenvalue weighted by Crippen LogP contribution is -2.40. The van der Waals surface area contributed by atoms with Crippen LogP contribution in [0.4, 0.5) is 20.6 Å². The van der Waals surface area contributed by atoms with Crippen LogP contribution in [-0.4, -0.2) is 18.4 Å². The number of Topliss-reactive ketones (excluding diaryl/α,β-unsaturated/α-hetero) is 1. The van der Waals surface area contributed by atoms with Gasteiger partial charge in [-0.3, -0.25) is 9.69 Å². The van der Waals surface area contributed by atoms with Crippen molar-refractivity contribution in [2.24, 2.45) is 0 Å². The standard InChI is InChI=1S/C16H13FN2O2/c17-12-6-2-3-7-13(12)18-16(21)19-10-9-15(20)11-5-1-4-8-14(11)19/h1-8H,9-10H2,(H,18,21). The maximum Gasteiger partial charge on any atom is 0.326 e. The van der Waals surface area contributed by atoms with E-state index in [4.69, 9.17) is 0 Å². The molecule has 5 heteroatoms. The van der Waals surface area contributed by atoms with Crippen molar-refractivity contribution in [2.45, 2.75) is 6.42 Å². The van der Waals surface area contributed by atoms with Crippen LogP contribution in [0.5, 0.6) is 0 Å². The van der Waals surface area contributed by atoms with Gasteiger partial charge in [0.1, 0.15) is 5.82 Å². The van der Waals surface area contributed by atoms with Crippen molar-refractivity contribution in [3.8, 4) is 0 Å². The molecule has 2 aromatic rings. The van der Waals surface area contributed by atoms with Gasteiger partial charge < -0.3 is 5.32 Å². The van der Waals surface area contributed by atoms with Gasteiger partial charge in [0, 0.05) is 18.5 Å². The second-order valence-corrected chi connectivity index (χ2v) is 4.75. The largest absolute Gasteiger partial charge is 0.326 e. The molecule has 0 aromatic heterocycles. The van der Waals surface area contributed by atoms with Gasteiger partial charge in [0.2, 0.25) is 0 Å². The second-order valence-electron chi connectivity index (χ2n) is 4.75. The fourth-order valence-electron chi connectivity index (χ4n) is 2.37.